The Bertz CT molecular complexity index is 543. The van der Waals surface area contributed by atoms with Crippen LogP contribution >= 0.6 is 0 Å². The van der Waals surface area contributed by atoms with Crippen LogP contribution in [0.1, 0.15) is 6.42 Å². The fourth-order valence-corrected chi connectivity index (χ4v) is 2.30. The van der Waals surface area contributed by atoms with Crippen LogP contribution in [0.25, 0.3) is 0 Å². The second-order valence-electron chi connectivity index (χ2n) is 3.76. The Morgan fingerprint density at radius 2 is 1.95 bits per heavy atom. The standard InChI is InChI=1S/C10H14F3N3O2S/c1-15-19(17,18)9-6-7(14)2-3-8(9)16-5-4-10(11,12)13/h2-3,6,15-16H,4-5,14H2,1H3. The lowest BCUT2D eigenvalue weighted by molar-refractivity contribution is -0.131. The van der Waals surface area contributed by atoms with Crippen molar-refractivity contribution in [3.8, 4) is 0 Å². The largest absolute Gasteiger partial charge is 0.399 e. The Hall–Kier alpha value is -1.48. The Morgan fingerprint density at radius 3 is 2.47 bits per heavy atom. The zero-order chi connectivity index (χ0) is 14.7. The number of sulfonamides is 1. The summed E-state index contributed by atoms with van der Waals surface area (Å²) in [5.41, 5.74) is 5.76. The van der Waals surface area contributed by atoms with Crippen molar-refractivity contribution in [2.45, 2.75) is 17.5 Å². The van der Waals surface area contributed by atoms with E-state index in [1.807, 2.05) is 0 Å². The maximum absolute atomic E-state index is 12.0. The quantitative estimate of drug-likeness (QED) is 0.720. The molecule has 0 aliphatic carbocycles. The van der Waals surface area contributed by atoms with Gasteiger partial charge in [-0.1, -0.05) is 0 Å². The Kier molecular flexibility index (Phi) is 4.64. The van der Waals surface area contributed by atoms with Crippen LogP contribution in [0, 0.1) is 0 Å². The van der Waals surface area contributed by atoms with Crippen LogP contribution in [0.5, 0.6) is 0 Å². The molecule has 0 saturated carbocycles. The highest BCUT2D eigenvalue weighted by atomic mass is 32.2. The van der Waals surface area contributed by atoms with E-state index in [1.165, 1.54) is 25.2 Å². The predicted octanol–water partition coefficient (Wildman–Crippen LogP) is 1.54. The van der Waals surface area contributed by atoms with Crippen molar-refractivity contribution < 1.29 is 21.6 Å². The minimum Gasteiger partial charge on any atom is -0.399 e. The number of anilines is 2. The van der Waals surface area contributed by atoms with E-state index in [-0.39, 0.29) is 16.3 Å². The molecule has 0 aromatic heterocycles. The van der Waals surface area contributed by atoms with E-state index in [4.69, 9.17) is 5.73 Å². The van der Waals surface area contributed by atoms with Crippen molar-refractivity contribution in [3.63, 3.8) is 0 Å². The van der Waals surface area contributed by atoms with Gasteiger partial charge in [-0.05, 0) is 25.2 Å². The molecule has 1 rings (SSSR count). The molecule has 0 radical (unpaired) electrons. The average molecular weight is 297 g/mol. The van der Waals surface area contributed by atoms with E-state index in [0.29, 0.717) is 0 Å². The molecule has 0 unspecified atom stereocenters. The highest BCUT2D eigenvalue weighted by Gasteiger charge is 2.26. The molecule has 9 heteroatoms. The molecule has 108 valence electrons. The second kappa shape index (κ2) is 5.66. The van der Waals surface area contributed by atoms with Crippen molar-refractivity contribution in [2.75, 3.05) is 24.6 Å². The summed E-state index contributed by atoms with van der Waals surface area (Å²) in [6.07, 6.45) is -5.36. The molecule has 0 bridgehead atoms. The third-order valence-electron chi connectivity index (χ3n) is 2.29. The van der Waals surface area contributed by atoms with Gasteiger partial charge in [-0.3, -0.25) is 0 Å². The van der Waals surface area contributed by atoms with Crippen LogP contribution in [0.2, 0.25) is 0 Å². The molecule has 0 heterocycles. The lowest BCUT2D eigenvalue weighted by atomic mass is 10.2. The number of rotatable bonds is 5. The number of nitrogen functional groups attached to an aromatic ring is 1. The third-order valence-corrected chi connectivity index (χ3v) is 3.74. The van der Waals surface area contributed by atoms with Gasteiger partial charge in [-0.15, -0.1) is 0 Å². The van der Waals surface area contributed by atoms with Gasteiger partial charge >= 0.3 is 6.18 Å². The molecule has 0 aliphatic rings. The molecule has 1 aromatic carbocycles. The highest BCUT2D eigenvalue weighted by Crippen LogP contribution is 2.25. The summed E-state index contributed by atoms with van der Waals surface area (Å²) in [6.45, 7) is -0.417. The lowest BCUT2D eigenvalue weighted by Gasteiger charge is -2.13. The van der Waals surface area contributed by atoms with Crippen LogP contribution in [0.3, 0.4) is 0 Å². The zero-order valence-electron chi connectivity index (χ0n) is 10.1. The van der Waals surface area contributed by atoms with Crippen molar-refractivity contribution in [1.29, 1.82) is 0 Å². The van der Waals surface area contributed by atoms with Gasteiger partial charge in [-0.2, -0.15) is 13.2 Å². The molecule has 0 fully saturated rings. The summed E-state index contributed by atoms with van der Waals surface area (Å²) >= 11 is 0. The number of nitrogens with one attached hydrogen (secondary N) is 2. The Labute approximate surface area is 109 Å². The summed E-state index contributed by atoms with van der Waals surface area (Å²) in [7, 11) is -2.58. The first kappa shape index (κ1) is 15.6. The minimum absolute atomic E-state index is 0.0767. The fourth-order valence-electron chi connectivity index (χ4n) is 1.36. The van der Waals surface area contributed by atoms with E-state index in [9.17, 15) is 21.6 Å². The van der Waals surface area contributed by atoms with Crippen LogP contribution < -0.4 is 15.8 Å². The van der Waals surface area contributed by atoms with Gasteiger partial charge in [0.25, 0.3) is 0 Å². The molecule has 4 N–H and O–H groups in total. The van der Waals surface area contributed by atoms with Crippen LogP contribution in [0.15, 0.2) is 23.1 Å². The Balaban J connectivity index is 2.96. The fraction of sp³-hybridized carbons (Fsp3) is 0.400. The average Bonchev–Trinajstić information content (AvgIpc) is 2.29. The summed E-state index contributed by atoms with van der Waals surface area (Å²) in [5.74, 6) is 0. The molecule has 0 amide bonds. The van der Waals surface area contributed by atoms with Gasteiger partial charge in [0.15, 0.2) is 0 Å². The van der Waals surface area contributed by atoms with Crippen molar-refractivity contribution in [2.24, 2.45) is 0 Å². The number of halogens is 3. The van der Waals surface area contributed by atoms with E-state index >= 15 is 0 Å². The second-order valence-corrected chi connectivity index (χ2v) is 5.61. The maximum atomic E-state index is 12.0. The molecular weight excluding hydrogens is 283 g/mol. The predicted molar refractivity (Wildman–Crippen MR) is 66.3 cm³/mol. The molecule has 0 atom stereocenters. The van der Waals surface area contributed by atoms with Gasteiger partial charge in [0.1, 0.15) is 4.90 Å². The number of hydrogen-bond donors (Lipinski definition) is 3. The molecule has 19 heavy (non-hydrogen) atoms. The van der Waals surface area contributed by atoms with Crippen LogP contribution in [-0.2, 0) is 10.0 Å². The smallest absolute Gasteiger partial charge is 0.390 e. The molecule has 1 aromatic rings. The molecule has 0 spiro atoms. The molecule has 5 nitrogen and oxygen atoms in total. The van der Waals surface area contributed by atoms with E-state index < -0.39 is 29.2 Å². The number of alkyl halides is 3. The molecule has 0 aliphatic heterocycles. The first-order valence-electron chi connectivity index (χ1n) is 5.29. The van der Waals surface area contributed by atoms with Gasteiger partial charge in [0.2, 0.25) is 10.0 Å². The van der Waals surface area contributed by atoms with Gasteiger partial charge in [0, 0.05) is 12.2 Å². The number of nitrogens with two attached hydrogens (primary N) is 1. The first-order valence-corrected chi connectivity index (χ1v) is 6.78. The van der Waals surface area contributed by atoms with Crippen molar-refractivity contribution in [1.82, 2.24) is 4.72 Å². The first-order chi connectivity index (χ1) is 8.65. The SMILES string of the molecule is CNS(=O)(=O)c1cc(N)ccc1NCCC(F)(F)F. The monoisotopic (exact) mass is 297 g/mol. The van der Waals surface area contributed by atoms with E-state index in [1.54, 1.807) is 0 Å². The zero-order valence-corrected chi connectivity index (χ0v) is 10.9. The summed E-state index contributed by atoms with van der Waals surface area (Å²) in [5, 5.41) is 2.44. The van der Waals surface area contributed by atoms with Crippen molar-refractivity contribution in [3.05, 3.63) is 18.2 Å². The Morgan fingerprint density at radius 1 is 1.32 bits per heavy atom. The minimum atomic E-state index is -4.30. The summed E-state index contributed by atoms with van der Waals surface area (Å²) in [6, 6.07) is 3.92. The maximum Gasteiger partial charge on any atom is 0.390 e. The highest BCUT2D eigenvalue weighted by molar-refractivity contribution is 7.89. The molecule has 0 saturated heterocycles. The number of hydrogen-bond acceptors (Lipinski definition) is 4. The third kappa shape index (κ3) is 4.60. The summed E-state index contributed by atoms with van der Waals surface area (Å²) in [4.78, 5) is -0.183. The van der Waals surface area contributed by atoms with Gasteiger partial charge < -0.3 is 11.1 Å². The number of benzene rings is 1. The topological polar surface area (TPSA) is 84.2 Å². The van der Waals surface area contributed by atoms with Gasteiger partial charge in [-0.25, -0.2) is 13.1 Å². The molecular formula is C10H14F3N3O2S. The van der Waals surface area contributed by atoms with E-state index in [0.717, 1.165) is 0 Å². The normalized spacial score (nSPS) is 12.4. The van der Waals surface area contributed by atoms with E-state index in [2.05, 4.69) is 10.0 Å². The van der Waals surface area contributed by atoms with Crippen molar-refractivity contribution >= 4 is 21.4 Å². The summed E-state index contributed by atoms with van der Waals surface area (Å²) < 4.78 is 61.6. The van der Waals surface area contributed by atoms with Crippen LogP contribution in [-0.4, -0.2) is 28.2 Å². The van der Waals surface area contributed by atoms with Crippen LogP contribution in [0.4, 0.5) is 24.5 Å². The van der Waals surface area contributed by atoms with Gasteiger partial charge in [0.05, 0.1) is 12.1 Å². The lowest BCUT2D eigenvalue weighted by Crippen LogP contribution is -2.21.